The number of hydrogen-bond acceptors (Lipinski definition) is 7. The van der Waals surface area contributed by atoms with Gasteiger partial charge >= 0.3 is 0 Å². The number of likely N-dealkylation sites (N-methyl/N-ethyl adjacent to an activating group) is 1. The average molecular weight is 500 g/mol. The lowest BCUT2D eigenvalue weighted by atomic mass is 9.99. The maximum atomic E-state index is 11.2. The number of carbonyl (C=O) groups excluding carboxylic acids is 1. The summed E-state index contributed by atoms with van der Waals surface area (Å²) in [6.45, 7) is 8.89. The topological polar surface area (TPSA) is 83.5 Å². The van der Waals surface area contributed by atoms with Gasteiger partial charge in [-0.1, -0.05) is 19.1 Å². The van der Waals surface area contributed by atoms with E-state index < -0.39 is 6.10 Å². The number of carbonyl (C=O) groups is 1. The van der Waals surface area contributed by atoms with E-state index in [9.17, 15) is 9.90 Å². The molecule has 2 N–H and O–H groups in total. The lowest BCUT2D eigenvalue weighted by Gasteiger charge is -2.30. The van der Waals surface area contributed by atoms with E-state index in [4.69, 9.17) is 14.2 Å². The molecule has 0 radical (unpaired) electrons. The SMILES string of the molecule is COc1cc(CN(C)CC(O)COc2cccc(NC(C)=O)c2)ccc1OCCN1CCC(C)CC1. The van der Waals surface area contributed by atoms with Gasteiger partial charge in [-0.2, -0.15) is 0 Å². The number of likely N-dealkylation sites (tertiary alicyclic amines) is 1. The molecular weight excluding hydrogens is 458 g/mol. The van der Waals surface area contributed by atoms with Crippen LogP contribution in [0.15, 0.2) is 42.5 Å². The van der Waals surface area contributed by atoms with Gasteiger partial charge < -0.3 is 24.6 Å². The van der Waals surface area contributed by atoms with Crippen LogP contribution in [0.1, 0.15) is 32.3 Å². The second-order valence-electron chi connectivity index (χ2n) is 9.73. The maximum absolute atomic E-state index is 11.2. The van der Waals surface area contributed by atoms with Crippen molar-refractivity contribution < 1.29 is 24.1 Å². The quantitative estimate of drug-likeness (QED) is 0.435. The van der Waals surface area contributed by atoms with Gasteiger partial charge in [0.1, 0.15) is 25.1 Å². The molecular formula is C28H41N3O5. The van der Waals surface area contributed by atoms with Crippen LogP contribution in [0.5, 0.6) is 17.2 Å². The number of anilines is 1. The predicted octanol–water partition coefficient (Wildman–Crippen LogP) is 3.64. The fraction of sp³-hybridized carbons (Fsp3) is 0.536. The smallest absolute Gasteiger partial charge is 0.221 e. The molecule has 1 saturated heterocycles. The Morgan fingerprint density at radius 3 is 2.67 bits per heavy atom. The van der Waals surface area contributed by atoms with Crippen LogP contribution in [0.4, 0.5) is 5.69 Å². The molecule has 36 heavy (non-hydrogen) atoms. The molecule has 198 valence electrons. The van der Waals surface area contributed by atoms with Crippen molar-refractivity contribution in [1.29, 1.82) is 0 Å². The molecule has 0 saturated carbocycles. The van der Waals surface area contributed by atoms with Gasteiger partial charge in [0.25, 0.3) is 0 Å². The molecule has 1 atom stereocenters. The van der Waals surface area contributed by atoms with Gasteiger partial charge in [-0.3, -0.25) is 14.6 Å². The average Bonchev–Trinajstić information content (AvgIpc) is 2.84. The minimum Gasteiger partial charge on any atom is -0.493 e. The van der Waals surface area contributed by atoms with Crippen molar-refractivity contribution in [1.82, 2.24) is 9.80 Å². The number of rotatable bonds is 13. The van der Waals surface area contributed by atoms with E-state index in [0.717, 1.165) is 42.6 Å². The lowest BCUT2D eigenvalue weighted by molar-refractivity contribution is -0.114. The number of hydrogen-bond donors (Lipinski definition) is 2. The molecule has 1 heterocycles. The molecule has 1 unspecified atom stereocenters. The van der Waals surface area contributed by atoms with Crippen LogP contribution in [0.2, 0.25) is 0 Å². The standard InChI is InChI=1S/C28H41N3O5/c1-21-10-12-31(13-11-21)14-15-35-27-9-8-23(16-28(27)34-4)18-30(3)19-25(33)20-36-26-7-5-6-24(17-26)29-22(2)32/h5-9,16-17,21,25,33H,10-15,18-20H2,1-4H3,(H,29,32). The summed E-state index contributed by atoms with van der Waals surface area (Å²) < 4.78 is 17.3. The molecule has 2 aromatic carbocycles. The molecule has 1 amide bonds. The van der Waals surface area contributed by atoms with Crippen molar-refractivity contribution in [3.63, 3.8) is 0 Å². The van der Waals surface area contributed by atoms with Gasteiger partial charge in [0.15, 0.2) is 11.5 Å². The zero-order valence-electron chi connectivity index (χ0n) is 22.0. The molecule has 1 fully saturated rings. The van der Waals surface area contributed by atoms with Gasteiger partial charge in [-0.15, -0.1) is 0 Å². The van der Waals surface area contributed by atoms with Gasteiger partial charge in [-0.05, 0) is 68.7 Å². The Balaban J connectivity index is 1.43. The number of piperidine rings is 1. The molecule has 8 nitrogen and oxygen atoms in total. The second kappa shape index (κ2) is 14.1. The Morgan fingerprint density at radius 2 is 1.94 bits per heavy atom. The van der Waals surface area contributed by atoms with Crippen molar-refractivity contribution in [3.05, 3.63) is 48.0 Å². The van der Waals surface area contributed by atoms with Crippen molar-refractivity contribution in [3.8, 4) is 17.2 Å². The summed E-state index contributed by atoms with van der Waals surface area (Å²) in [4.78, 5) is 15.7. The highest BCUT2D eigenvalue weighted by Crippen LogP contribution is 2.28. The number of aliphatic hydroxyl groups excluding tert-OH is 1. The van der Waals surface area contributed by atoms with Crippen molar-refractivity contribution in [2.75, 3.05) is 58.9 Å². The van der Waals surface area contributed by atoms with E-state index in [2.05, 4.69) is 17.1 Å². The summed E-state index contributed by atoms with van der Waals surface area (Å²) in [5.74, 6) is 2.76. The number of nitrogens with zero attached hydrogens (tertiary/aromatic N) is 2. The largest absolute Gasteiger partial charge is 0.493 e. The Kier molecular flexibility index (Phi) is 10.8. The molecule has 8 heteroatoms. The Morgan fingerprint density at radius 1 is 1.17 bits per heavy atom. The van der Waals surface area contributed by atoms with Gasteiger partial charge in [0.2, 0.25) is 5.91 Å². The van der Waals surface area contributed by atoms with Crippen LogP contribution in [0.3, 0.4) is 0 Å². The number of ether oxygens (including phenoxy) is 3. The van der Waals surface area contributed by atoms with Crippen molar-refractivity contribution >= 4 is 11.6 Å². The lowest BCUT2D eigenvalue weighted by Crippen LogP contribution is -2.35. The van der Waals surface area contributed by atoms with Crippen LogP contribution in [0.25, 0.3) is 0 Å². The van der Waals surface area contributed by atoms with E-state index in [0.29, 0.717) is 31.1 Å². The minimum atomic E-state index is -0.665. The highest BCUT2D eigenvalue weighted by molar-refractivity contribution is 5.88. The van der Waals surface area contributed by atoms with E-state index in [1.807, 2.05) is 30.1 Å². The van der Waals surface area contributed by atoms with Crippen LogP contribution in [0, 0.1) is 5.92 Å². The highest BCUT2D eigenvalue weighted by atomic mass is 16.5. The summed E-state index contributed by atoms with van der Waals surface area (Å²) >= 11 is 0. The summed E-state index contributed by atoms with van der Waals surface area (Å²) in [7, 11) is 3.61. The molecule has 3 rings (SSSR count). The molecule has 2 aromatic rings. The minimum absolute atomic E-state index is 0.142. The zero-order chi connectivity index (χ0) is 25.9. The number of benzene rings is 2. The van der Waals surface area contributed by atoms with E-state index in [1.165, 1.54) is 19.8 Å². The molecule has 1 aliphatic rings. The summed E-state index contributed by atoms with van der Waals surface area (Å²) in [5.41, 5.74) is 1.73. The van der Waals surface area contributed by atoms with Crippen molar-refractivity contribution in [2.45, 2.75) is 39.3 Å². The number of methoxy groups -OCH3 is 1. The summed E-state index contributed by atoms with van der Waals surface area (Å²) in [6.07, 6.45) is 1.86. The third-order valence-corrected chi connectivity index (χ3v) is 6.34. The molecule has 0 bridgehead atoms. The zero-order valence-corrected chi connectivity index (χ0v) is 22.0. The monoisotopic (exact) mass is 499 g/mol. The Bertz CT molecular complexity index is 962. The molecule has 0 spiro atoms. The second-order valence-corrected chi connectivity index (χ2v) is 9.73. The number of nitrogens with one attached hydrogen (secondary N) is 1. The first-order valence-electron chi connectivity index (χ1n) is 12.7. The summed E-state index contributed by atoms with van der Waals surface area (Å²) in [6, 6.07) is 13.1. The highest BCUT2D eigenvalue weighted by Gasteiger charge is 2.16. The fourth-order valence-electron chi connectivity index (χ4n) is 4.35. The number of amides is 1. The number of aliphatic hydroxyl groups is 1. The first kappa shape index (κ1) is 27.8. The van der Waals surface area contributed by atoms with Gasteiger partial charge in [-0.25, -0.2) is 0 Å². The van der Waals surface area contributed by atoms with Gasteiger partial charge in [0.05, 0.1) is 7.11 Å². The Labute approximate surface area is 215 Å². The van der Waals surface area contributed by atoms with Gasteiger partial charge in [0, 0.05) is 38.3 Å². The van der Waals surface area contributed by atoms with Crippen LogP contribution >= 0.6 is 0 Å². The van der Waals surface area contributed by atoms with E-state index in [1.54, 1.807) is 31.4 Å². The third-order valence-electron chi connectivity index (χ3n) is 6.34. The van der Waals surface area contributed by atoms with E-state index >= 15 is 0 Å². The van der Waals surface area contributed by atoms with Crippen LogP contribution in [-0.2, 0) is 11.3 Å². The fourth-order valence-corrected chi connectivity index (χ4v) is 4.35. The molecule has 1 aliphatic heterocycles. The maximum Gasteiger partial charge on any atom is 0.221 e. The molecule has 0 aliphatic carbocycles. The normalized spacial score (nSPS) is 15.5. The van der Waals surface area contributed by atoms with Crippen LogP contribution in [-0.4, -0.2) is 80.5 Å². The Hall–Kier alpha value is -2.81. The summed E-state index contributed by atoms with van der Waals surface area (Å²) in [5, 5.41) is 13.2. The molecule has 0 aromatic heterocycles. The first-order valence-corrected chi connectivity index (χ1v) is 12.7. The predicted molar refractivity (Wildman–Crippen MR) is 142 cm³/mol. The van der Waals surface area contributed by atoms with Crippen LogP contribution < -0.4 is 19.5 Å². The van der Waals surface area contributed by atoms with E-state index in [-0.39, 0.29) is 12.5 Å². The van der Waals surface area contributed by atoms with Crippen molar-refractivity contribution in [2.24, 2.45) is 5.92 Å². The first-order chi connectivity index (χ1) is 17.3. The third kappa shape index (κ3) is 9.33.